The Labute approximate surface area is 186 Å². The van der Waals surface area contributed by atoms with Crippen LogP contribution in [0.25, 0.3) is 0 Å². The van der Waals surface area contributed by atoms with E-state index in [9.17, 15) is 13.2 Å². The summed E-state index contributed by atoms with van der Waals surface area (Å²) in [5.74, 6) is -0.0891. The van der Waals surface area contributed by atoms with Crippen molar-refractivity contribution in [1.29, 1.82) is 0 Å². The third-order valence-corrected chi connectivity index (χ3v) is 8.72. The molecule has 1 N–H and O–H groups in total. The molecule has 0 saturated carbocycles. The molecule has 0 aromatic heterocycles. The van der Waals surface area contributed by atoms with Crippen LogP contribution in [0.15, 0.2) is 46.2 Å². The van der Waals surface area contributed by atoms with E-state index < -0.39 is 10.0 Å². The van der Waals surface area contributed by atoms with Gasteiger partial charge in [0, 0.05) is 53.5 Å². The second kappa shape index (κ2) is 8.42. The van der Waals surface area contributed by atoms with Gasteiger partial charge in [-0.2, -0.15) is 4.31 Å². The molecule has 2 heterocycles. The summed E-state index contributed by atoms with van der Waals surface area (Å²) in [6.45, 7) is 5.99. The number of anilines is 2. The molecule has 4 rings (SSSR count). The highest BCUT2D eigenvalue weighted by Crippen LogP contribution is 2.37. The number of thioether (sulfide) groups is 1. The molecule has 0 bridgehead atoms. The lowest BCUT2D eigenvalue weighted by molar-refractivity contribution is -0.116. The van der Waals surface area contributed by atoms with Crippen molar-refractivity contribution in [2.75, 3.05) is 36.4 Å². The molecule has 30 heavy (non-hydrogen) atoms. The average molecular weight is 466 g/mol. The van der Waals surface area contributed by atoms with Crippen molar-refractivity contribution < 1.29 is 13.2 Å². The molecule has 1 amide bonds. The van der Waals surface area contributed by atoms with Crippen LogP contribution < -0.4 is 10.2 Å². The number of amides is 1. The Morgan fingerprint density at radius 3 is 2.57 bits per heavy atom. The number of halogens is 1. The first-order chi connectivity index (χ1) is 14.2. The largest absolute Gasteiger partial charge is 0.369 e. The topological polar surface area (TPSA) is 69.7 Å². The number of carbonyl (C=O) groups excluding carboxylic acids is 1. The Morgan fingerprint density at radius 1 is 1.10 bits per heavy atom. The summed E-state index contributed by atoms with van der Waals surface area (Å²) in [7, 11) is -3.64. The van der Waals surface area contributed by atoms with Gasteiger partial charge >= 0.3 is 0 Å². The van der Waals surface area contributed by atoms with Crippen LogP contribution in [-0.2, 0) is 14.8 Å². The van der Waals surface area contributed by atoms with Gasteiger partial charge in [-0.05, 0) is 42.8 Å². The van der Waals surface area contributed by atoms with E-state index >= 15 is 0 Å². The molecule has 1 saturated heterocycles. The second-order valence-electron chi connectivity index (χ2n) is 7.66. The first-order valence-corrected chi connectivity index (χ1v) is 12.6. The first kappa shape index (κ1) is 21.5. The van der Waals surface area contributed by atoms with Crippen LogP contribution >= 0.6 is 23.4 Å². The molecule has 2 aliphatic rings. The van der Waals surface area contributed by atoms with Crippen LogP contribution in [0.5, 0.6) is 0 Å². The predicted molar refractivity (Wildman–Crippen MR) is 122 cm³/mol. The summed E-state index contributed by atoms with van der Waals surface area (Å²) in [6.07, 6.45) is 0.409. The van der Waals surface area contributed by atoms with Gasteiger partial charge in [0.1, 0.15) is 0 Å². The first-order valence-electron chi connectivity index (χ1n) is 9.86. The quantitative estimate of drug-likeness (QED) is 0.742. The summed E-state index contributed by atoms with van der Waals surface area (Å²) in [5, 5.41) is 3.67. The van der Waals surface area contributed by atoms with E-state index in [4.69, 9.17) is 11.6 Å². The molecule has 0 radical (unpaired) electrons. The van der Waals surface area contributed by atoms with E-state index in [1.54, 1.807) is 30.0 Å². The van der Waals surface area contributed by atoms with Gasteiger partial charge < -0.3 is 10.2 Å². The van der Waals surface area contributed by atoms with Crippen LogP contribution in [-0.4, -0.2) is 50.1 Å². The number of nitrogens with zero attached hydrogens (tertiary/aromatic N) is 2. The number of hydrogen-bond acceptors (Lipinski definition) is 5. The van der Waals surface area contributed by atoms with Gasteiger partial charge in [0.2, 0.25) is 15.9 Å². The van der Waals surface area contributed by atoms with E-state index in [0.717, 1.165) is 16.1 Å². The molecule has 2 aromatic rings. The van der Waals surface area contributed by atoms with E-state index in [0.29, 0.717) is 43.3 Å². The van der Waals surface area contributed by atoms with E-state index in [1.807, 2.05) is 32.0 Å². The maximum atomic E-state index is 13.2. The molecule has 1 unspecified atom stereocenters. The lowest BCUT2D eigenvalue weighted by atomic mass is 10.1. The Hall–Kier alpha value is -1.74. The predicted octanol–water partition coefficient (Wildman–Crippen LogP) is 3.98. The third kappa shape index (κ3) is 4.32. The fraction of sp³-hybridized carbons (Fsp3) is 0.381. The summed E-state index contributed by atoms with van der Waals surface area (Å²) < 4.78 is 28.0. The third-order valence-electron chi connectivity index (χ3n) is 5.41. The molecule has 1 fully saturated rings. The van der Waals surface area contributed by atoms with Crippen molar-refractivity contribution in [3.8, 4) is 0 Å². The molecule has 2 aliphatic heterocycles. The molecular formula is C21H24ClN3O3S2. The minimum Gasteiger partial charge on any atom is -0.369 e. The highest BCUT2D eigenvalue weighted by molar-refractivity contribution is 8.00. The number of piperazine rings is 1. The maximum Gasteiger partial charge on any atom is 0.243 e. The van der Waals surface area contributed by atoms with Crippen LogP contribution in [0.1, 0.15) is 18.9 Å². The van der Waals surface area contributed by atoms with Crippen molar-refractivity contribution in [3.05, 3.63) is 47.0 Å². The monoisotopic (exact) mass is 465 g/mol. The van der Waals surface area contributed by atoms with Gasteiger partial charge in [-0.1, -0.05) is 24.6 Å². The fourth-order valence-corrected chi connectivity index (χ4v) is 6.50. The molecule has 0 spiro atoms. The van der Waals surface area contributed by atoms with Gasteiger partial charge in [-0.25, -0.2) is 8.42 Å². The van der Waals surface area contributed by atoms with Gasteiger partial charge in [0.15, 0.2) is 0 Å². The lowest BCUT2D eigenvalue weighted by Gasteiger charge is -2.36. The molecule has 1 atom stereocenters. The SMILES string of the molecule is Cc1ccc(Cl)cc1N1CCN(S(=O)(=O)c2ccc3c(c2)NC(=O)CC(C)S3)CC1. The van der Waals surface area contributed by atoms with Crippen molar-refractivity contribution in [3.63, 3.8) is 0 Å². The van der Waals surface area contributed by atoms with Crippen molar-refractivity contribution in [2.45, 2.75) is 35.3 Å². The van der Waals surface area contributed by atoms with Crippen LogP contribution in [0.2, 0.25) is 5.02 Å². The lowest BCUT2D eigenvalue weighted by Crippen LogP contribution is -2.48. The molecule has 9 heteroatoms. The summed E-state index contributed by atoms with van der Waals surface area (Å²) in [5.41, 5.74) is 2.73. The Morgan fingerprint density at radius 2 is 1.83 bits per heavy atom. The number of sulfonamides is 1. The number of nitrogens with one attached hydrogen (secondary N) is 1. The number of hydrogen-bond donors (Lipinski definition) is 1. The van der Waals surface area contributed by atoms with Gasteiger partial charge in [-0.15, -0.1) is 11.8 Å². The van der Waals surface area contributed by atoms with E-state index in [2.05, 4.69) is 10.2 Å². The highest BCUT2D eigenvalue weighted by Gasteiger charge is 2.30. The zero-order chi connectivity index (χ0) is 21.5. The number of fused-ring (bicyclic) bond motifs is 1. The molecule has 2 aromatic carbocycles. The van der Waals surface area contributed by atoms with Crippen LogP contribution in [0.3, 0.4) is 0 Å². The Kier molecular flexibility index (Phi) is 6.03. The number of carbonyl (C=O) groups is 1. The zero-order valence-electron chi connectivity index (χ0n) is 16.9. The summed E-state index contributed by atoms with van der Waals surface area (Å²) >= 11 is 7.72. The van der Waals surface area contributed by atoms with E-state index in [-0.39, 0.29) is 16.1 Å². The number of aryl methyl sites for hydroxylation is 1. The standard InChI is InChI=1S/C21H24ClN3O3S2/c1-14-3-4-16(22)12-19(14)24-7-9-25(10-8-24)30(27,28)17-5-6-20-18(13-17)23-21(26)11-15(2)29-20/h3-6,12-13,15H,7-11H2,1-2H3,(H,23,26). The van der Waals surface area contributed by atoms with Gasteiger partial charge in [0.05, 0.1) is 10.6 Å². The van der Waals surface area contributed by atoms with Crippen LogP contribution in [0.4, 0.5) is 11.4 Å². The fourth-order valence-electron chi connectivity index (χ4n) is 3.83. The Balaban J connectivity index is 1.53. The van der Waals surface area contributed by atoms with Gasteiger partial charge in [0.25, 0.3) is 0 Å². The van der Waals surface area contributed by atoms with Crippen molar-refractivity contribution >= 4 is 50.7 Å². The van der Waals surface area contributed by atoms with E-state index in [1.165, 1.54) is 4.31 Å². The molecule has 0 aliphatic carbocycles. The zero-order valence-corrected chi connectivity index (χ0v) is 19.3. The van der Waals surface area contributed by atoms with Crippen molar-refractivity contribution in [1.82, 2.24) is 4.31 Å². The second-order valence-corrected chi connectivity index (χ2v) is 11.5. The molecule has 6 nitrogen and oxygen atoms in total. The minimum atomic E-state index is -3.64. The normalized spacial score (nSPS) is 20.4. The maximum absolute atomic E-state index is 13.2. The minimum absolute atomic E-state index is 0.0891. The highest BCUT2D eigenvalue weighted by atomic mass is 35.5. The van der Waals surface area contributed by atoms with Crippen molar-refractivity contribution in [2.24, 2.45) is 0 Å². The smallest absolute Gasteiger partial charge is 0.243 e. The number of rotatable bonds is 3. The average Bonchev–Trinajstić information content (AvgIpc) is 2.85. The summed E-state index contributed by atoms with van der Waals surface area (Å²) in [6, 6.07) is 10.8. The molecular weight excluding hydrogens is 442 g/mol. The number of benzene rings is 2. The van der Waals surface area contributed by atoms with Crippen LogP contribution in [0, 0.1) is 6.92 Å². The Bertz CT molecular complexity index is 1080. The summed E-state index contributed by atoms with van der Waals surface area (Å²) in [4.78, 5) is 15.3. The van der Waals surface area contributed by atoms with Gasteiger partial charge in [-0.3, -0.25) is 4.79 Å². The molecule has 160 valence electrons.